The molecule has 9 heteroatoms. The van der Waals surface area contributed by atoms with Crippen molar-refractivity contribution < 1.29 is 37.3 Å². The van der Waals surface area contributed by atoms with Crippen molar-refractivity contribution in [1.82, 2.24) is 0 Å². The van der Waals surface area contributed by atoms with Crippen LogP contribution in [-0.2, 0) is 27.9 Å². The molecule has 0 aliphatic rings. The summed E-state index contributed by atoms with van der Waals surface area (Å²) in [5.74, 6) is -0.415. The molecule has 0 amide bonds. The van der Waals surface area contributed by atoms with E-state index >= 15 is 0 Å². The second-order valence-corrected chi connectivity index (χ2v) is 18.9. The zero-order valence-corrected chi connectivity index (χ0v) is 41.0. The molecule has 0 saturated carbocycles. The van der Waals surface area contributed by atoms with E-state index in [1.165, 1.54) is 116 Å². The van der Waals surface area contributed by atoms with Gasteiger partial charge in [-0.2, -0.15) is 0 Å². The average Bonchev–Trinajstić information content (AvgIpc) is 3.22. The van der Waals surface area contributed by atoms with E-state index in [-0.39, 0.29) is 26.2 Å². The third-order valence-electron chi connectivity index (χ3n) is 10.3. The number of hydrogen-bond donors (Lipinski definition) is 0. The van der Waals surface area contributed by atoms with Gasteiger partial charge in [0, 0.05) is 13.0 Å². The Labute approximate surface area is 376 Å². The van der Waals surface area contributed by atoms with Gasteiger partial charge in [0.1, 0.15) is 19.3 Å². The highest BCUT2D eigenvalue weighted by molar-refractivity contribution is 7.45. The monoisotopic (exact) mass is 876 g/mol. The summed E-state index contributed by atoms with van der Waals surface area (Å²) in [5, 5.41) is 0. The minimum absolute atomic E-state index is 0.0105. The van der Waals surface area contributed by atoms with E-state index in [9.17, 15) is 14.3 Å². The second kappa shape index (κ2) is 44.5. The Morgan fingerprint density at radius 2 is 0.918 bits per heavy atom. The van der Waals surface area contributed by atoms with Gasteiger partial charge in [-0.25, -0.2) is 0 Å². The third-order valence-corrected chi connectivity index (χ3v) is 11.2. The number of allylic oxidation sites excluding steroid dienone is 12. The largest absolute Gasteiger partial charge is 0.756 e. The van der Waals surface area contributed by atoms with Gasteiger partial charge in [0.2, 0.25) is 0 Å². The molecule has 1 unspecified atom stereocenters. The number of unbranched alkanes of at least 4 members (excludes halogenated alkanes) is 19. The highest BCUT2D eigenvalue weighted by Crippen LogP contribution is 2.38. The van der Waals surface area contributed by atoms with Gasteiger partial charge < -0.3 is 27.9 Å². The molecule has 2 atom stereocenters. The number of phosphoric acid groups is 1. The SMILES string of the molecule is CC/C=C\C/C=C\C/C=C\C/C=C\C/C=C\C/C=C\CCC(=O)O[C@H](COCCCCCCCCCCCCCCCCCCCCCC)COP(=O)([O-])OCC[N+](C)(C)C. The van der Waals surface area contributed by atoms with E-state index in [4.69, 9.17) is 18.5 Å². The van der Waals surface area contributed by atoms with Gasteiger partial charge in [0.15, 0.2) is 0 Å². The fourth-order valence-electron chi connectivity index (χ4n) is 6.51. The molecule has 0 spiro atoms. The Kier molecular flexibility index (Phi) is 43.0. The van der Waals surface area contributed by atoms with Gasteiger partial charge in [0.05, 0.1) is 34.4 Å². The molecule has 0 heterocycles. The Bertz CT molecular complexity index is 1200. The first-order valence-electron chi connectivity index (χ1n) is 24.7. The maximum atomic E-state index is 12.7. The first kappa shape index (κ1) is 58.9. The summed E-state index contributed by atoms with van der Waals surface area (Å²) in [6.45, 7) is 5.21. The van der Waals surface area contributed by atoms with Crippen LogP contribution in [0.1, 0.15) is 194 Å². The van der Waals surface area contributed by atoms with Crippen LogP contribution in [0.5, 0.6) is 0 Å². The smallest absolute Gasteiger partial charge is 0.306 e. The standard InChI is InChI=1S/C52H94NO7P/c1-6-8-10-12-14-16-18-20-22-24-26-28-30-32-34-36-38-40-42-44-47-57-49-51(50-59-61(55,56)58-48-46-53(3,4)5)60-52(54)45-43-41-39-37-35-33-31-29-27-25-23-21-19-17-15-13-11-9-7-2/h9,11,15,17,21,23,27,29,33,35,39,41,51H,6-8,10,12-14,16,18-20,22,24-26,28,30-32,34,36-38,40,42-50H2,1-5H3/b11-9-,17-15-,23-21-,29-27-,35-33-,41-39-/t51-/m1/s1. The van der Waals surface area contributed by atoms with Crippen LogP contribution < -0.4 is 4.89 Å². The Morgan fingerprint density at radius 1 is 0.525 bits per heavy atom. The lowest BCUT2D eigenvalue weighted by Gasteiger charge is -2.28. The molecule has 0 fully saturated rings. The molecule has 8 nitrogen and oxygen atoms in total. The van der Waals surface area contributed by atoms with Crippen LogP contribution in [-0.4, -0.2) is 70.7 Å². The molecule has 0 rings (SSSR count). The maximum Gasteiger partial charge on any atom is 0.306 e. The highest BCUT2D eigenvalue weighted by atomic mass is 31.2. The van der Waals surface area contributed by atoms with Gasteiger partial charge in [-0.05, 0) is 51.4 Å². The number of nitrogens with zero attached hydrogens (tertiary/aromatic N) is 1. The predicted octanol–water partition coefficient (Wildman–Crippen LogP) is 14.4. The molecular formula is C52H94NO7P. The highest BCUT2D eigenvalue weighted by Gasteiger charge is 2.20. The number of likely N-dealkylation sites (N-methyl/N-ethyl adjacent to an activating group) is 1. The van der Waals surface area contributed by atoms with Crippen LogP contribution in [0.15, 0.2) is 72.9 Å². The van der Waals surface area contributed by atoms with E-state index in [0.29, 0.717) is 24.1 Å². The van der Waals surface area contributed by atoms with Crippen LogP contribution >= 0.6 is 7.82 Å². The summed E-state index contributed by atoms with van der Waals surface area (Å²) < 4.78 is 34.6. The molecule has 0 radical (unpaired) electrons. The maximum absolute atomic E-state index is 12.7. The van der Waals surface area contributed by atoms with Gasteiger partial charge in [-0.15, -0.1) is 0 Å². The number of carbonyl (C=O) groups excluding carboxylic acids is 1. The fraction of sp³-hybridized carbons (Fsp3) is 0.750. The summed E-state index contributed by atoms with van der Waals surface area (Å²) >= 11 is 0. The van der Waals surface area contributed by atoms with E-state index in [2.05, 4.69) is 74.6 Å². The molecule has 0 saturated heterocycles. The van der Waals surface area contributed by atoms with Crippen LogP contribution in [0.4, 0.5) is 0 Å². The lowest BCUT2D eigenvalue weighted by molar-refractivity contribution is -0.870. The number of carbonyl (C=O) groups is 1. The summed E-state index contributed by atoms with van der Waals surface area (Å²) in [6, 6.07) is 0. The first-order chi connectivity index (χ1) is 29.6. The molecule has 0 aliphatic carbocycles. The number of quaternary nitrogens is 1. The van der Waals surface area contributed by atoms with Crippen molar-refractivity contribution in [3.63, 3.8) is 0 Å². The normalized spacial score (nSPS) is 14.3. The molecule has 354 valence electrons. The van der Waals surface area contributed by atoms with Crippen molar-refractivity contribution in [1.29, 1.82) is 0 Å². The summed E-state index contributed by atoms with van der Waals surface area (Å²) in [4.78, 5) is 25.1. The molecular weight excluding hydrogens is 782 g/mol. The Balaban J connectivity index is 4.27. The molecule has 61 heavy (non-hydrogen) atoms. The lowest BCUT2D eigenvalue weighted by atomic mass is 10.0. The van der Waals surface area contributed by atoms with Gasteiger partial charge in [-0.3, -0.25) is 9.36 Å². The summed E-state index contributed by atoms with van der Waals surface area (Å²) in [7, 11) is 1.31. The van der Waals surface area contributed by atoms with E-state index in [1.54, 1.807) is 0 Å². The van der Waals surface area contributed by atoms with Crippen molar-refractivity contribution >= 4 is 13.8 Å². The third kappa shape index (κ3) is 48.8. The van der Waals surface area contributed by atoms with Crippen molar-refractivity contribution in [2.45, 2.75) is 200 Å². The van der Waals surface area contributed by atoms with Crippen LogP contribution in [0.25, 0.3) is 0 Å². The molecule has 0 N–H and O–H groups in total. The zero-order chi connectivity index (χ0) is 44.8. The summed E-state index contributed by atoms with van der Waals surface area (Å²) in [5.41, 5.74) is 0. The molecule has 0 aromatic rings. The average molecular weight is 876 g/mol. The second-order valence-electron chi connectivity index (χ2n) is 17.4. The number of ether oxygens (including phenoxy) is 2. The Hall–Kier alpha value is -2.06. The van der Waals surface area contributed by atoms with Crippen molar-refractivity contribution in [2.75, 3.05) is 54.1 Å². The van der Waals surface area contributed by atoms with Crippen molar-refractivity contribution in [2.24, 2.45) is 0 Å². The Morgan fingerprint density at radius 3 is 1.33 bits per heavy atom. The van der Waals surface area contributed by atoms with E-state index < -0.39 is 19.9 Å². The van der Waals surface area contributed by atoms with Crippen LogP contribution in [0.2, 0.25) is 0 Å². The quantitative estimate of drug-likeness (QED) is 0.0198. The van der Waals surface area contributed by atoms with Crippen molar-refractivity contribution in [3.05, 3.63) is 72.9 Å². The lowest BCUT2D eigenvalue weighted by Crippen LogP contribution is -2.37. The topological polar surface area (TPSA) is 94.1 Å². The summed E-state index contributed by atoms with van der Waals surface area (Å²) in [6.07, 6.45) is 58.0. The van der Waals surface area contributed by atoms with E-state index in [1.807, 2.05) is 33.3 Å². The first-order valence-corrected chi connectivity index (χ1v) is 26.1. The van der Waals surface area contributed by atoms with E-state index in [0.717, 1.165) is 51.4 Å². The molecule has 0 bridgehead atoms. The number of rotatable bonds is 45. The van der Waals surface area contributed by atoms with Crippen LogP contribution in [0, 0.1) is 0 Å². The van der Waals surface area contributed by atoms with Gasteiger partial charge >= 0.3 is 5.97 Å². The minimum atomic E-state index is -4.55. The van der Waals surface area contributed by atoms with Crippen LogP contribution in [0.3, 0.4) is 0 Å². The molecule has 0 aromatic carbocycles. The number of esters is 1. The number of hydrogen-bond acceptors (Lipinski definition) is 7. The molecule has 0 aliphatic heterocycles. The van der Waals surface area contributed by atoms with Gasteiger partial charge in [0.25, 0.3) is 7.82 Å². The minimum Gasteiger partial charge on any atom is -0.756 e. The fourth-order valence-corrected chi connectivity index (χ4v) is 7.24. The molecule has 0 aromatic heterocycles. The van der Waals surface area contributed by atoms with Crippen molar-refractivity contribution in [3.8, 4) is 0 Å². The zero-order valence-electron chi connectivity index (χ0n) is 40.1. The predicted molar refractivity (Wildman–Crippen MR) is 259 cm³/mol. The number of phosphoric ester groups is 1. The van der Waals surface area contributed by atoms with Gasteiger partial charge in [-0.1, -0.05) is 209 Å².